The van der Waals surface area contributed by atoms with Gasteiger partial charge in [0, 0.05) is 6.54 Å². The van der Waals surface area contributed by atoms with Gasteiger partial charge in [-0.1, -0.05) is 6.07 Å². The molecule has 0 saturated heterocycles. The van der Waals surface area contributed by atoms with Gasteiger partial charge < -0.3 is 10.6 Å². The van der Waals surface area contributed by atoms with Crippen molar-refractivity contribution in [2.75, 3.05) is 5.32 Å². The fourth-order valence-corrected chi connectivity index (χ4v) is 2.24. The lowest BCUT2D eigenvalue weighted by molar-refractivity contribution is -0.136. The van der Waals surface area contributed by atoms with Gasteiger partial charge in [0.25, 0.3) is 0 Å². The van der Waals surface area contributed by atoms with E-state index in [2.05, 4.69) is 10.6 Å². The lowest BCUT2D eigenvalue weighted by Gasteiger charge is -2.07. The largest absolute Gasteiger partial charge is 0.344 e. The van der Waals surface area contributed by atoms with Gasteiger partial charge in [0.1, 0.15) is 5.82 Å². The van der Waals surface area contributed by atoms with E-state index in [4.69, 9.17) is 0 Å². The van der Waals surface area contributed by atoms with Crippen LogP contribution in [0.25, 0.3) is 0 Å². The van der Waals surface area contributed by atoms with E-state index in [0.29, 0.717) is 0 Å². The molecule has 2 amide bonds. The van der Waals surface area contributed by atoms with Gasteiger partial charge >= 0.3 is 11.8 Å². The highest BCUT2D eigenvalue weighted by atomic mass is 32.1. The summed E-state index contributed by atoms with van der Waals surface area (Å²) < 4.78 is 13.5. The highest BCUT2D eigenvalue weighted by Gasteiger charge is 2.15. The molecule has 0 spiro atoms. The first-order valence-electron chi connectivity index (χ1n) is 5.92. The second kappa shape index (κ2) is 6.29. The molecule has 1 aromatic carbocycles. The minimum absolute atomic E-state index is 0.000633. The molecule has 6 heteroatoms. The Kier molecular flexibility index (Phi) is 4.47. The monoisotopic (exact) mass is 292 g/mol. The maximum absolute atomic E-state index is 13.5. The van der Waals surface area contributed by atoms with Crippen molar-refractivity contribution in [3.8, 4) is 0 Å². The van der Waals surface area contributed by atoms with E-state index in [9.17, 15) is 14.0 Å². The molecule has 104 valence electrons. The number of hydrogen-bond donors (Lipinski definition) is 2. The van der Waals surface area contributed by atoms with E-state index in [1.807, 2.05) is 16.8 Å². The van der Waals surface area contributed by atoms with Crippen LogP contribution in [-0.2, 0) is 16.1 Å². The van der Waals surface area contributed by atoms with Crippen molar-refractivity contribution >= 4 is 28.8 Å². The fraction of sp³-hybridized carbons (Fsp3) is 0.143. The Bertz CT molecular complexity index is 626. The number of halogens is 1. The van der Waals surface area contributed by atoms with Crippen molar-refractivity contribution in [3.63, 3.8) is 0 Å². The fourth-order valence-electron chi connectivity index (χ4n) is 1.57. The molecular weight excluding hydrogens is 279 g/mol. The van der Waals surface area contributed by atoms with Gasteiger partial charge in [0.2, 0.25) is 0 Å². The third kappa shape index (κ3) is 3.64. The molecule has 4 nitrogen and oxygen atoms in total. The molecule has 1 aromatic heterocycles. The average molecular weight is 292 g/mol. The lowest BCUT2D eigenvalue weighted by Crippen LogP contribution is -2.35. The van der Waals surface area contributed by atoms with E-state index in [1.165, 1.54) is 23.5 Å². The van der Waals surface area contributed by atoms with Crippen LogP contribution < -0.4 is 10.6 Å². The minimum atomic E-state index is -0.885. The number of aryl methyl sites for hydroxylation is 1. The van der Waals surface area contributed by atoms with Crippen molar-refractivity contribution < 1.29 is 14.0 Å². The number of rotatable bonds is 3. The Morgan fingerprint density at radius 1 is 1.25 bits per heavy atom. The lowest BCUT2D eigenvalue weighted by atomic mass is 10.2. The van der Waals surface area contributed by atoms with Crippen LogP contribution in [0.15, 0.2) is 35.0 Å². The molecule has 0 fully saturated rings. The summed E-state index contributed by atoms with van der Waals surface area (Å²) in [5.41, 5.74) is 1.71. The van der Waals surface area contributed by atoms with Crippen LogP contribution in [0.3, 0.4) is 0 Å². The van der Waals surface area contributed by atoms with E-state index >= 15 is 0 Å². The quantitative estimate of drug-likeness (QED) is 0.854. The van der Waals surface area contributed by atoms with Gasteiger partial charge in [-0.15, -0.1) is 0 Å². The summed E-state index contributed by atoms with van der Waals surface area (Å²) in [4.78, 5) is 23.2. The number of benzene rings is 1. The maximum Gasteiger partial charge on any atom is 0.313 e. The van der Waals surface area contributed by atoms with Crippen molar-refractivity contribution in [2.24, 2.45) is 0 Å². The molecular formula is C14H13FN2O2S. The third-order valence-corrected chi connectivity index (χ3v) is 3.34. The van der Waals surface area contributed by atoms with E-state index < -0.39 is 17.6 Å². The summed E-state index contributed by atoms with van der Waals surface area (Å²) in [5.74, 6) is -2.25. The number of carbonyl (C=O) groups excluding carboxylic acids is 2. The molecule has 0 saturated carbocycles. The standard InChI is InChI=1S/C14H13FN2O2S/c1-9-2-3-11(15)12(6-9)17-14(19)13(18)16-7-10-4-5-20-8-10/h2-6,8H,7H2,1H3,(H,16,18)(H,17,19). The van der Waals surface area contributed by atoms with Crippen molar-refractivity contribution in [3.05, 3.63) is 52.0 Å². The van der Waals surface area contributed by atoms with Gasteiger partial charge in [-0.25, -0.2) is 4.39 Å². The number of thiophene rings is 1. The molecule has 0 bridgehead atoms. The predicted molar refractivity (Wildman–Crippen MR) is 75.9 cm³/mol. The van der Waals surface area contributed by atoms with Crippen LogP contribution in [0.4, 0.5) is 10.1 Å². The highest BCUT2D eigenvalue weighted by Crippen LogP contribution is 2.15. The summed E-state index contributed by atoms with van der Waals surface area (Å²) in [6.45, 7) is 2.04. The molecule has 20 heavy (non-hydrogen) atoms. The van der Waals surface area contributed by atoms with Crippen LogP contribution in [-0.4, -0.2) is 11.8 Å². The number of amides is 2. The second-order valence-corrected chi connectivity index (χ2v) is 5.03. The molecule has 0 radical (unpaired) electrons. The maximum atomic E-state index is 13.5. The van der Waals surface area contributed by atoms with Crippen LogP contribution in [0, 0.1) is 12.7 Å². The Morgan fingerprint density at radius 3 is 2.75 bits per heavy atom. The van der Waals surface area contributed by atoms with Gasteiger partial charge in [0.05, 0.1) is 5.69 Å². The number of carbonyl (C=O) groups is 2. The zero-order valence-corrected chi connectivity index (χ0v) is 11.6. The predicted octanol–water partition coefficient (Wildman–Crippen LogP) is 2.45. The molecule has 0 atom stereocenters. The molecule has 2 aromatic rings. The van der Waals surface area contributed by atoms with Gasteiger partial charge in [0.15, 0.2) is 0 Å². The van der Waals surface area contributed by atoms with Crippen LogP contribution >= 0.6 is 11.3 Å². The van der Waals surface area contributed by atoms with E-state index in [1.54, 1.807) is 13.0 Å². The smallest absolute Gasteiger partial charge is 0.313 e. The van der Waals surface area contributed by atoms with Gasteiger partial charge in [-0.3, -0.25) is 9.59 Å². The number of hydrogen-bond acceptors (Lipinski definition) is 3. The Balaban J connectivity index is 1.93. The SMILES string of the molecule is Cc1ccc(F)c(NC(=O)C(=O)NCc2ccsc2)c1. The number of nitrogens with one attached hydrogen (secondary N) is 2. The average Bonchev–Trinajstić information content (AvgIpc) is 2.93. The molecule has 0 aliphatic rings. The van der Waals surface area contributed by atoms with Crippen LogP contribution in [0.2, 0.25) is 0 Å². The van der Waals surface area contributed by atoms with E-state index in [-0.39, 0.29) is 12.2 Å². The summed E-state index contributed by atoms with van der Waals surface area (Å²) >= 11 is 1.50. The molecule has 0 aliphatic heterocycles. The molecule has 0 unspecified atom stereocenters. The molecule has 0 aliphatic carbocycles. The normalized spacial score (nSPS) is 10.1. The minimum Gasteiger partial charge on any atom is -0.344 e. The first-order valence-corrected chi connectivity index (χ1v) is 6.87. The van der Waals surface area contributed by atoms with Gasteiger partial charge in [-0.05, 0) is 47.0 Å². The Labute approximate surface area is 119 Å². The first kappa shape index (κ1) is 14.2. The summed E-state index contributed by atoms with van der Waals surface area (Å²) in [6, 6.07) is 6.15. The van der Waals surface area contributed by atoms with E-state index in [0.717, 1.165) is 11.1 Å². The van der Waals surface area contributed by atoms with Gasteiger partial charge in [-0.2, -0.15) is 11.3 Å². The zero-order chi connectivity index (χ0) is 14.5. The first-order chi connectivity index (χ1) is 9.56. The van der Waals surface area contributed by atoms with Crippen molar-refractivity contribution in [1.82, 2.24) is 5.32 Å². The molecule has 1 heterocycles. The highest BCUT2D eigenvalue weighted by molar-refractivity contribution is 7.07. The molecule has 2 N–H and O–H groups in total. The Hall–Kier alpha value is -2.21. The topological polar surface area (TPSA) is 58.2 Å². The number of anilines is 1. The van der Waals surface area contributed by atoms with Crippen molar-refractivity contribution in [1.29, 1.82) is 0 Å². The summed E-state index contributed by atoms with van der Waals surface area (Å²) in [7, 11) is 0. The van der Waals surface area contributed by atoms with Crippen LogP contribution in [0.5, 0.6) is 0 Å². The van der Waals surface area contributed by atoms with Crippen molar-refractivity contribution in [2.45, 2.75) is 13.5 Å². The zero-order valence-electron chi connectivity index (χ0n) is 10.8. The molecule has 2 rings (SSSR count). The Morgan fingerprint density at radius 2 is 2.05 bits per heavy atom. The summed E-state index contributed by atoms with van der Waals surface area (Å²) in [5, 5.41) is 8.48. The summed E-state index contributed by atoms with van der Waals surface area (Å²) in [6.07, 6.45) is 0. The second-order valence-electron chi connectivity index (χ2n) is 4.25. The van der Waals surface area contributed by atoms with Crippen LogP contribution in [0.1, 0.15) is 11.1 Å². The third-order valence-electron chi connectivity index (χ3n) is 2.61.